The van der Waals surface area contributed by atoms with Crippen LogP contribution in [0.4, 0.5) is 0 Å². The molecule has 0 radical (unpaired) electrons. The lowest BCUT2D eigenvalue weighted by molar-refractivity contribution is -0.135. The third-order valence-corrected chi connectivity index (χ3v) is 4.98. The van der Waals surface area contributed by atoms with Crippen molar-refractivity contribution < 1.29 is 23.8 Å². The van der Waals surface area contributed by atoms with Crippen LogP contribution in [0.3, 0.4) is 0 Å². The zero-order chi connectivity index (χ0) is 20.1. The molecule has 2 heterocycles. The van der Waals surface area contributed by atoms with Crippen LogP contribution in [-0.2, 0) is 9.53 Å². The second-order valence-corrected chi connectivity index (χ2v) is 6.63. The minimum absolute atomic E-state index is 0.0418. The van der Waals surface area contributed by atoms with E-state index in [4.69, 9.17) is 25.8 Å². The van der Waals surface area contributed by atoms with Crippen molar-refractivity contribution in [2.45, 2.75) is 18.9 Å². The van der Waals surface area contributed by atoms with Gasteiger partial charge in [-0.3, -0.25) is 4.79 Å². The van der Waals surface area contributed by atoms with Gasteiger partial charge in [0.15, 0.2) is 6.61 Å². The Labute approximate surface area is 168 Å². The van der Waals surface area contributed by atoms with Crippen molar-refractivity contribution in [3.8, 4) is 11.5 Å². The first-order valence-electron chi connectivity index (χ1n) is 8.84. The highest BCUT2D eigenvalue weighted by molar-refractivity contribution is 6.32. The van der Waals surface area contributed by atoms with Crippen LogP contribution in [0.15, 0.2) is 36.5 Å². The van der Waals surface area contributed by atoms with Gasteiger partial charge in [-0.25, -0.2) is 9.78 Å². The fourth-order valence-electron chi connectivity index (χ4n) is 3.31. The van der Waals surface area contributed by atoms with Crippen LogP contribution in [0, 0.1) is 0 Å². The number of methoxy groups -OCH3 is 2. The molecule has 1 amide bonds. The number of hydrogen-bond acceptors (Lipinski definition) is 6. The van der Waals surface area contributed by atoms with Crippen LogP contribution in [0.5, 0.6) is 11.5 Å². The van der Waals surface area contributed by atoms with Gasteiger partial charge in [-0.1, -0.05) is 11.6 Å². The summed E-state index contributed by atoms with van der Waals surface area (Å²) in [5.74, 6) is 0.416. The predicted molar refractivity (Wildman–Crippen MR) is 103 cm³/mol. The first-order chi connectivity index (χ1) is 13.5. The van der Waals surface area contributed by atoms with Gasteiger partial charge >= 0.3 is 5.97 Å². The summed E-state index contributed by atoms with van der Waals surface area (Å²) in [5, 5.41) is 0.0418. The molecule has 0 aliphatic carbocycles. The smallest absolute Gasteiger partial charge is 0.341 e. The first kappa shape index (κ1) is 19.9. The van der Waals surface area contributed by atoms with Crippen molar-refractivity contribution in [3.05, 3.63) is 52.8 Å². The Bertz CT molecular complexity index is 873. The Hall–Kier alpha value is -2.80. The molecule has 1 aliphatic heterocycles. The molecule has 0 unspecified atom stereocenters. The third kappa shape index (κ3) is 4.20. The first-order valence-corrected chi connectivity index (χ1v) is 9.22. The molecule has 1 aromatic heterocycles. The molecule has 8 heteroatoms. The number of esters is 1. The molecule has 0 saturated carbocycles. The van der Waals surface area contributed by atoms with Crippen LogP contribution >= 0.6 is 11.6 Å². The monoisotopic (exact) mass is 404 g/mol. The number of amides is 1. The number of ether oxygens (including phenoxy) is 3. The summed E-state index contributed by atoms with van der Waals surface area (Å²) in [6.07, 6.45) is 3.11. The van der Waals surface area contributed by atoms with Gasteiger partial charge < -0.3 is 19.1 Å². The molecular weight excluding hydrogens is 384 g/mol. The lowest BCUT2D eigenvalue weighted by atomic mass is 10.0. The van der Waals surface area contributed by atoms with Crippen molar-refractivity contribution in [2.75, 3.05) is 27.4 Å². The van der Waals surface area contributed by atoms with E-state index < -0.39 is 5.97 Å². The second kappa shape index (κ2) is 8.93. The Morgan fingerprint density at radius 1 is 1.25 bits per heavy atom. The van der Waals surface area contributed by atoms with Crippen LogP contribution in [0.25, 0.3) is 0 Å². The number of halogens is 1. The zero-order valence-electron chi connectivity index (χ0n) is 15.7. The molecule has 1 aliphatic rings. The minimum atomic E-state index is -0.679. The van der Waals surface area contributed by atoms with E-state index in [1.165, 1.54) is 12.3 Å². The van der Waals surface area contributed by atoms with Gasteiger partial charge in [-0.05, 0) is 43.2 Å². The average molecular weight is 405 g/mol. The highest BCUT2D eigenvalue weighted by atomic mass is 35.5. The Morgan fingerprint density at radius 3 is 2.79 bits per heavy atom. The molecule has 3 rings (SSSR count). The summed E-state index contributed by atoms with van der Waals surface area (Å²) in [7, 11) is 3.18. The van der Waals surface area contributed by atoms with E-state index in [0.29, 0.717) is 18.0 Å². The van der Waals surface area contributed by atoms with E-state index in [-0.39, 0.29) is 29.3 Å². The summed E-state index contributed by atoms with van der Waals surface area (Å²) in [5.41, 5.74) is 0.999. The van der Waals surface area contributed by atoms with Crippen molar-refractivity contribution in [2.24, 2.45) is 0 Å². The van der Waals surface area contributed by atoms with E-state index in [1.807, 2.05) is 18.2 Å². The summed E-state index contributed by atoms with van der Waals surface area (Å²) in [6.45, 7) is 0.210. The molecule has 1 aromatic carbocycles. The molecule has 148 valence electrons. The fraction of sp³-hybridized carbons (Fsp3) is 0.350. The Kier molecular flexibility index (Phi) is 6.36. The number of carbonyl (C=O) groups is 2. The molecule has 7 nitrogen and oxygen atoms in total. The van der Waals surface area contributed by atoms with E-state index in [0.717, 1.165) is 18.4 Å². The highest BCUT2D eigenvalue weighted by Gasteiger charge is 2.32. The van der Waals surface area contributed by atoms with Crippen molar-refractivity contribution in [1.29, 1.82) is 0 Å². The number of carbonyl (C=O) groups excluding carboxylic acids is 2. The van der Waals surface area contributed by atoms with Gasteiger partial charge in [0, 0.05) is 18.3 Å². The van der Waals surface area contributed by atoms with Gasteiger partial charge in [0.25, 0.3) is 5.91 Å². The largest absolute Gasteiger partial charge is 0.497 e. The zero-order valence-corrected chi connectivity index (χ0v) is 16.4. The lowest BCUT2D eigenvalue weighted by Crippen LogP contribution is -2.34. The number of aromatic nitrogens is 1. The molecule has 0 spiro atoms. The molecule has 1 saturated heterocycles. The predicted octanol–water partition coefficient (Wildman–Crippen LogP) is 3.27. The molecule has 2 aromatic rings. The standard InChI is InChI=1S/C20H21ClN2O5/c1-26-13-7-8-17(27-2)15(11-13)16-6-4-10-23(16)18(24)12-28-20(25)14-5-3-9-22-19(14)21/h3,5,7-9,11,16H,4,6,10,12H2,1-2H3/t16-/m1/s1. The van der Waals surface area contributed by atoms with E-state index >= 15 is 0 Å². The van der Waals surface area contributed by atoms with Gasteiger partial charge in [0.1, 0.15) is 16.7 Å². The summed E-state index contributed by atoms with van der Waals surface area (Å²) >= 11 is 5.89. The highest BCUT2D eigenvalue weighted by Crippen LogP contribution is 2.38. The molecule has 28 heavy (non-hydrogen) atoms. The van der Waals surface area contributed by atoms with Crippen LogP contribution in [-0.4, -0.2) is 49.1 Å². The van der Waals surface area contributed by atoms with Crippen LogP contribution in [0.1, 0.15) is 34.8 Å². The van der Waals surface area contributed by atoms with E-state index in [1.54, 1.807) is 25.2 Å². The molecular formula is C20H21ClN2O5. The number of nitrogens with zero attached hydrogens (tertiary/aromatic N) is 2. The van der Waals surface area contributed by atoms with Crippen LogP contribution < -0.4 is 9.47 Å². The van der Waals surface area contributed by atoms with Gasteiger partial charge in [-0.15, -0.1) is 0 Å². The topological polar surface area (TPSA) is 78.0 Å². The van der Waals surface area contributed by atoms with Crippen LogP contribution in [0.2, 0.25) is 5.15 Å². The average Bonchev–Trinajstić information content (AvgIpc) is 3.21. The number of benzene rings is 1. The molecule has 1 atom stereocenters. The van der Waals surface area contributed by atoms with E-state index in [9.17, 15) is 9.59 Å². The second-order valence-electron chi connectivity index (χ2n) is 6.27. The maximum absolute atomic E-state index is 12.7. The summed E-state index contributed by atoms with van der Waals surface area (Å²) in [6, 6.07) is 8.41. The number of likely N-dealkylation sites (tertiary alicyclic amines) is 1. The summed E-state index contributed by atoms with van der Waals surface area (Å²) in [4.78, 5) is 30.4. The Morgan fingerprint density at radius 2 is 2.07 bits per heavy atom. The maximum Gasteiger partial charge on any atom is 0.341 e. The Balaban J connectivity index is 1.72. The van der Waals surface area contributed by atoms with Crippen molar-refractivity contribution in [1.82, 2.24) is 9.88 Å². The van der Waals surface area contributed by atoms with Gasteiger partial charge in [-0.2, -0.15) is 0 Å². The third-order valence-electron chi connectivity index (χ3n) is 4.67. The number of pyridine rings is 1. The molecule has 0 bridgehead atoms. The number of hydrogen-bond donors (Lipinski definition) is 0. The minimum Gasteiger partial charge on any atom is -0.497 e. The normalized spacial score (nSPS) is 16.0. The van der Waals surface area contributed by atoms with E-state index in [2.05, 4.69) is 4.98 Å². The van der Waals surface area contributed by atoms with Gasteiger partial charge in [0.05, 0.1) is 25.8 Å². The van der Waals surface area contributed by atoms with Crippen molar-refractivity contribution >= 4 is 23.5 Å². The SMILES string of the molecule is COc1ccc(OC)c([C@H]2CCCN2C(=O)COC(=O)c2cccnc2Cl)c1. The molecule has 1 fully saturated rings. The lowest BCUT2D eigenvalue weighted by Gasteiger charge is -2.26. The summed E-state index contributed by atoms with van der Waals surface area (Å²) < 4.78 is 15.9. The molecule has 0 N–H and O–H groups in total. The van der Waals surface area contributed by atoms with Gasteiger partial charge in [0.2, 0.25) is 0 Å². The number of rotatable bonds is 6. The quantitative estimate of drug-likeness (QED) is 0.543. The van der Waals surface area contributed by atoms with Crippen molar-refractivity contribution in [3.63, 3.8) is 0 Å². The maximum atomic E-state index is 12.7. The fourth-order valence-corrected chi connectivity index (χ4v) is 3.51.